The molecular weight excluding hydrogens is 341 g/mol. The Balaban J connectivity index is 2.11. The van der Waals surface area contributed by atoms with Crippen molar-refractivity contribution in [1.82, 2.24) is 0 Å². The van der Waals surface area contributed by atoms with E-state index in [1.54, 1.807) is 19.1 Å². The second-order valence-electron chi connectivity index (χ2n) is 5.78. The van der Waals surface area contributed by atoms with E-state index in [1.807, 2.05) is 6.07 Å². The maximum atomic E-state index is 13.8. The Morgan fingerprint density at radius 2 is 1.81 bits per heavy atom. The van der Waals surface area contributed by atoms with E-state index in [1.165, 1.54) is 14.2 Å². The summed E-state index contributed by atoms with van der Waals surface area (Å²) in [5, 5.41) is 11.4. The van der Waals surface area contributed by atoms with E-state index in [0.29, 0.717) is 17.9 Å². The van der Waals surface area contributed by atoms with Gasteiger partial charge in [0.15, 0.2) is 11.5 Å². The number of rotatable bonds is 7. The lowest BCUT2D eigenvalue weighted by atomic mass is 9.99. The highest BCUT2D eigenvalue weighted by Gasteiger charge is 2.17. The number of benzene rings is 2. The predicted molar refractivity (Wildman–Crippen MR) is 94.4 cm³/mol. The summed E-state index contributed by atoms with van der Waals surface area (Å²) in [7, 11) is 3.06. The zero-order valence-electron chi connectivity index (χ0n) is 14.7. The first kappa shape index (κ1) is 19.2. The first-order chi connectivity index (χ1) is 12.3. The number of amides is 1. The molecular formula is C19H20FNO5. The topological polar surface area (TPSA) is 84.9 Å². The SMILES string of the molecule is COc1ccc(CC(C)C(=O)Nc2cc(C(=O)O)ccc2F)cc1OC. The van der Waals surface area contributed by atoms with Crippen molar-refractivity contribution in [3.63, 3.8) is 0 Å². The van der Waals surface area contributed by atoms with Crippen LogP contribution in [-0.4, -0.2) is 31.2 Å². The van der Waals surface area contributed by atoms with Crippen LogP contribution in [0.5, 0.6) is 11.5 Å². The number of anilines is 1. The Morgan fingerprint density at radius 3 is 2.42 bits per heavy atom. The highest BCUT2D eigenvalue weighted by atomic mass is 19.1. The summed E-state index contributed by atoms with van der Waals surface area (Å²) in [5.74, 6) is -1.64. The van der Waals surface area contributed by atoms with E-state index < -0.39 is 23.6 Å². The second kappa shape index (κ2) is 8.33. The average Bonchev–Trinajstić information content (AvgIpc) is 2.62. The van der Waals surface area contributed by atoms with Crippen molar-refractivity contribution in [2.24, 2.45) is 5.92 Å². The summed E-state index contributed by atoms with van der Waals surface area (Å²) in [6.45, 7) is 1.70. The number of carboxylic acid groups (broad SMARTS) is 1. The molecule has 0 saturated carbocycles. The first-order valence-corrected chi connectivity index (χ1v) is 7.90. The number of hydrogen-bond donors (Lipinski definition) is 2. The van der Waals surface area contributed by atoms with Gasteiger partial charge in [-0.05, 0) is 42.3 Å². The average molecular weight is 361 g/mol. The fourth-order valence-corrected chi connectivity index (χ4v) is 2.46. The smallest absolute Gasteiger partial charge is 0.335 e. The number of hydrogen-bond acceptors (Lipinski definition) is 4. The van der Waals surface area contributed by atoms with Gasteiger partial charge in [0.25, 0.3) is 0 Å². The van der Waals surface area contributed by atoms with Gasteiger partial charge in [0.05, 0.1) is 25.5 Å². The molecule has 138 valence electrons. The molecule has 0 bridgehead atoms. The van der Waals surface area contributed by atoms with Crippen LogP contribution in [0.3, 0.4) is 0 Å². The molecule has 0 aliphatic carbocycles. The lowest BCUT2D eigenvalue weighted by Gasteiger charge is -2.15. The number of ether oxygens (including phenoxy) is 2. The molecule has 0 fully saturated rings. The Kier molecular flexibility index (Phi) is 6.16. The highest BCUT2D eigenvalue weighted by Crippen LogP contribution is 2.28. The Labute approximate surface area is 150 Å². The summed E-state index contributed by atoms with van der Waals surface area (Å²) in [5.41, 5.74) is 0.591. The third-order valence-corrected chi connectivity index (χ3v) is 3.91. The summed E-state index contributed by atoms with van der Waals surface area (Å²) in [6, 6.07) is 8.58. The summed E-state index contributed by atoms with van der Waals surface area (Å²) in [6.07, 6.45) is 0.395. The van der Waals surface area contributed by atoms with Gasteiger partial charge in [-0.2, -0.15) is 0 Å². The van der Waals surface area contributed by atoms with Crippen LogP contribution in [0.4, 0.5) is 10.1 Å². The first-order valence-electron chi connectivity index (χ1n) is 7.90. The van der Waals surface area contributed by atoms with Crippen LogP contribution in [0.1, 0.15) is 22.8 Å². The van der Waals surface area contributed by atoms with E-state index in [0.717, 1.165) is 23.8 Å². The molecule has 1 amide bonds. The molecule has 0 aliphatic rings. The highest BCUT2D eigenvalue weighted by molar-refractivity contribution is 5.95. The monoisotopic (exact) mass is 361 g/mol. The number of carbonyl (C=O) groups is 2. The molecule has 1 unspecified atom stereocenters. The molecule has 2 aromatic carbocycles. The minimum absolute atomic E-state index is 0.103. The van der Waals surface area contributed by atoms with Gasteiger partial charge in [-0.25, -0.2) is 9.18 Å². The van der Waals surface area contributed by atoms with Gasteiger partial charge in [0, 0.05) is 5.92 Å². The van der Waals surface area contributed by atoms with Crippen molar-refractivity contribution in [3.05, 3.63) is 53.3 Å². The summed E-state index contributed by atoms with van der Waals surface area (Å²) in [4.78, 5) is 23.3. The molecule has 0 radical (unpaired) electrons. The van der Waals surface area contributed by atoms with Crippen molar-refractivity contribution in [2.45, 2.75) is 13.3 Å². The lowest BCUT2D eigenvalue weighted by Crippen LogP contribution is -2.23. The molecule has 6 nitrogen and oxygen atoms in total. The van der Waals surface area contributed by atoms with Gasteiger partial charge in [-0.15, -0.1) is 0 Å². The Bertz CT molecular complexity index is 822. The maximum absolute atomic E-state index is 13.8. The zero-order chi connectivity index (χ0) is 19.3. The molecule has 1 atom stereocenters. The van der Waals surface area contributed by atoms with E-state index in [-0.39, 0.29) is 11.3 Å². The van der Waals surface area contributed by atoms with Crippen molar-refractivity contribution in [1.29, 1.82) is 0 Å². The largest absolute Gasteiger partial charge is 0.493 e. The van der Waals surface area contributed by atoms with Crippen LogP contribution < -0.4 is 14.8 Å². The summed E-state index contributed by atoms with van der Waals surface area (Å²) < 4.78 is 24.2. The number of aromatic carboxylic acids is 1. The fraction of sp³-hybridized carbons (Fsp3) is 0.263. The molecule has 7 heteroatoms. The number of carboxylic acids is 1. The van der Waals surface area contributed by atoms with Gasteiger partial charge in [-0.3, -0.25) is 4.79 Å². The Morgan fingerprint density at radius 1 is 1.12 bits per heavy atom. The van der Waals surface area contributed by atoms with E-state index in [2.05, 4.69) is 5.32 Å². The maximum Gasteiger partial charge on any atom is 0.335 e. The standard InChI is InChI=1S/C19H20FNO5/c1-11(8-12-4-7-16(25-2)17(9-12)26-3)18(22)21-15-10-13(19(23)24)5-6-14(15)20/h4-7,9-11H,8H2,1-3H3,(H,21,22)(H,23,24). The molecule has 0 saturated heterocycles. The molecule has 0 spiro atoms. The van der Waals surface area contributed by atoms with Gasteiger partial charge in [0.1, 0.15) is 5.82 Å². The molecule has 2 aromatic rings. The molecule has 2 rings (SSSR count). The normalized spacial score (nSPS) is 11.5. The molecule has 26 heavy (non-hydrogen) atoms. The molecule has 0 heterocycles. The van der Waals surface area contributed by atoms with Gasteiger partial charge in [-0.1, -0.05) is 13.0 Å². The summed E-state index contributed by atoms with van der Waals surface area (Å²) >= 11 is 0. The number of halogens is 1. The van der Waals surface area contributed by atoms with Crippen LogP contribution in [-0.2, 0) is 11.2 Å². The third-order valence-electron chi connectivity index (χ3n) is 3.91. The third kappa shape index (κ3) is 4.50. The minimum atomic E-state index is -1.20. The molecule has 2 N–H and O–H groups in total. The van der Waals surface area contributed by atoms with Crippen molar-refractivity contribution in [3.8, 4) is 11.5 Å². The quantitative estimate of drug-likeness (QED) is 0.790. The number of nitrogens with one attached hydrogen (secondary N) is 1. The van der Waals surface area contributed by atoms with Crippen LogP contribution in [0, 0.1) is 11.7 Å². The lowest BCUT2D eigenvalue weighted by molar-refractivity contribution is -0.119. The predicted octanol–water partition coefficient (Wildman–Crippen LogP) is 3.36. The number of methoxy groups -OCH3 is 2. The fourth-order valence-electron chi connectivity index (χ4n) is 2.46. The van der Waals surface area contributed by atoms with Crippen LogP contribution in [0.15, 0.2) is 36.4 Å². The minimum Gasteiger partial charge on any atom is -0.493 e. The van der Waals surface area contributed by atoms with Crippen LogP contribution >= 0.6 is 0 Å². The van der Waals surface area contributed by atoms with Gasteiger partial charge < -0.3 is 19.9 Å². The van der Waals surface area contributed by atoms with E-state index in [4.69, 9.17) is 14.6 Å². The van der Waals surface area contributed by atoms with Crippen molar-refractivity contribution < 1.29 is 28.6 Å². The van der Waals surface area contributed by atoms with Gasteiger partial charge in [0.2, 0.25) is 5.91 Å². The Hall–Kier alpha value is -3.09. The number of carbonyl (C=O) groups excluding carboxylic acids is 1. The molecule has 0 aliphatic heterocycles. The van der Waals surface area contributed by atoms with Crippen LogP contribution in [0.25, 0.3) is 0 Å². The van der Waals surface area contributed by atoms with Crippen molar-refractivity contribution >= 4 is 17.6 Å². The van der Waals surface area contributed by atoms with Crippen molar-refractivity contribution in [2.75, 3.05) is 19.5 Å². The van der Waals surface area contributed by atoms with Gasteiger partial charge >= 0.3 is 5.97 Å². The zero-order valence-corrected chi connectivity index (χ0v) is 14.7. The molecule has 0 aromatic heterocycles. The van der Waals surface area contributed by atoms with E-state index >= 15 is 0 Å². The van der Waals surface area contributed by atoms with E-state index in [9.17, 15) is 14.0 Å². The van der Waals surface area contributed by atoms with Crippen LogP contribution in [0.2, 0.25) is 0 Å². The second-order valence-corrected chi connectivity index (χ2v) is 5.78.